The molecule has 2 aromatic carbocycles. The molecule has 0 atom stereocenters. The molecule has 0 unspecified atom stereocenters. The van der Waals surface area contributed by atoms with Gasteiger partial charge >= 0.3 is 5.63 Å². The van der Waals surface area contributed by atoms with Crippen molar-refractivity contribution in [2.24, 2.45) is 0 Å². The van der Waals surface area contributed by atoms with Crippen LogP contribution >= 0.6 is 11.3 Å². The summed E-state index contributed by atoms with van der Waals surface area (Å²) < 4.78 is 30.1. The average molecular weight is 469 g/mol. The summed E-state index contributed by atoms with van der Waals surface area (Å²) in [6.07, 6.45) is 0.229. The number of nitrogens with zero attached hydrogens (tertiary/aromatic N) is 1. The Morgan fingerprint density at radius 1 is 1.12 bits per heavy atom. The maximum atomic E-state index is 12.4. The number of fused-ring (bicyclic) bond motifs is 1. The molecule has 0 radical (unpaired) electrons. The second kappa shape index (κ2) is 9.05. The van der Waals surface area contributed by atoms with Crippen LogP contribution in [0.2, 0.25) is 0 Å². The first kappa shape index (κ1) is 21.9. The fraction of sp³-hybridized carbons (Fsp3) is 0.174. The van der Waals surface area contributed by atoms with Gasteiger partial charge in [0.2, 0.25) is 5.91 Å². The Bertz CT molecular complexity index is 1440. The minimum atomic E-state index is -3.44. The lowest BCUT2D eigenvalue weighted by molar-refractivity contribution is -0.116. The first-order valence-corrected chi connectivity index (χ1v) is 12.4. The molecule has 7 nitrogen and oxygen atoms in total. The molecule has 1 amide bonds. The number of aromatic nitrogens is 1. The van der Waals surface area contributed by atoms with Crippen molar-refractivity contribution in [1.29, 1.82) is 0 Å². The Balaban J connectivity index is 1.37. The standard InChI is InChI=1S/C23H20N2O5S2/c1-15-8-10-17(11-9-15)32(28,29)12-4-7-21(26)25-23-24-19(14-31-23)18-13-16-5-2-3-6-20(16)30-22(18)27/h2-3,5-6,8-11,13-14H,4,7,12H2,1H3,(H,24,25,26). The second-order valence-electron chi connectivity index (χ2n) is 7.31. The highest BCUT2D eigenvalue weighted by molar-refractivity contribution is 7.91. The van der Waals surface area contributed by atoms with Crippen molar-refractivity contribution in [2.45, 2.75) is 24.7 Å². The van der Waals surface area contributed by atoms with Crippen molar-refractivity contribution >= 4 is 43.2 Å². The van der Waals surface area contributed by atoms with E-state index in [1.54, 1.807) is 47.8 Å². The fourth-order valence-electron chi connectivity index (χ4n) is 3.16. The molecule has 9 heteroatoms. The zero-order valence-electron chi connectivity index (χ0n) is 17.2. The molecular formula is C23H20N2O5S2. The SMILES string of the molecule is Cc1ccc(S(=O)(=O)CCCC(=O)Nc2nc(-c3cc4ccccc4oc3=O)cs2)cc1. The van der Waals surface area contributed by atoms with E-state index in [1.165, 1.54) is 11.3 Å². The molecule has 0 aliphatic heterocycles. The van der Waals surface area contributed by atoms with Gasteiger partial charge in [-0.25, -0.2) is 18.2 Å². The van der Waals surface area contributed by atoms with Crippen molar-refractivity contribution in [3.05, 3.63) is 76.0 Å². The van der Waals surface area contributed by atoms with Gasteiger partial charge in [0.25, 0.3) is 0 Å². The summed E-state index contributed by atoms with van der Waals surface area (Å²) >= 11 is 1.18. The lowest BCUT2D eigenvalue weighted by Gasteiger charge is -2.05. The Morgan fingerprint density at radius 2 is 1.88 bits per heavy atom. The number of amides is 1. The van der Waals surface area contributed by atoms with Crippen molar-refractivity contribution in [3.8, 4) is 11.3 Å². The Labute approximate surface area is 188 Å². The third-order valence-electron chi connectivity index (χ3n) is 4.86. The third kappa shape index (κ3) is 4.95. The highest BCUT2D eigenvalue weighted by Crippen LogP contribution is 2.25. The van der Waals surface area contributed by atoms with Crippen LogP contribution in [-0.2, 0) is 14.6 Å². The number of thiazole rings is 1. The largest absolute Gasteiger partial charge is 0.422 e. The molecule has 0 bridgehead atoms. The third-order valence-corrected chi connectivity index (χ3v) is 7.44. The Hall–Kier alpha value is -3.30. The molecule has 164 valence electrons. The number of benzene rings is 2. The van der Waals surface area contributed by atoms with Gasteiger partial charge in [-0.2, -0.15) is 0 Å². The smallest absolute Gasteiger partial charge is 0.345 e. The number of hydrogen-bond donors (Lipinski definition) is 1. The number of sulfone groups is 1. The lowest BCUT2D eigenvalue weighted by Crippen LogP contribution is -2.14. The van der Waals surface area contributed by atoms with Crippen molar-refractivity contribution in [2.75, 3.05) is 11.1 Å². The molecule has 0 aliphatic rings. The quantitative estimate of drug-likeness (QED) is 0.403. The number of anilines is 1. The first-order chi connectivity index (χ1) is 15.3. The lowest BCUT2D eigenvalue weighted by atomic mass is 10.1. The van der Waals surface area contributed by atoms with E-state index in [9.17, 15) is 18.0 Å². The van der Waals surface area contributed by atoms with E-state index in [0.29, 0.717) is 22.0 Å². The highest BCUT2D eigenvalue weighted by atomic mass is 32.2. The molecule has 0 saturated heterocycles. The summed E-state index contributed by atoms with van der Waals surface area (Å²) in [6, 6.07) is 15.5. The normalized spacial score (nSPS) is 11.5. The molecule has 0 spiro atoms. The van der Waals surface area contributed by atoms with Gasteiger partial charge in [-0.05, 0) is 37.6 Å². The fourth-order valence-corrected chi connectivity index (χ4v) is 5.20. The van der Waals surface area contributed by atoms with Gasteiger partial charge in [-0.3, -0.25) is 4.79 Å². The van der Waals surface area contributed by atoms with Gasteiger partial charge in [-0.1, -0.05) is 35.9 Å². The van der Waals surface area contributed by atoms with Crippen LogP contribution in [0.4, 0.5) is 5.13 Å². The average Bonchev–Trinajstić information content (AvgIpc) is 3.21. The molecular weight excluding hydrogens is 448 g/mol. The van der Waals surface area contributed by atoms with Crippen LogP contribution in [0.3, 0.4) is 0 Å². The molecule has 2 heterocycles. The zero-order chi connectivity index (χ0) is 22.7. The van der Waals surface area contributed by atoms with Gasteiger partial charge in [0.15, 0.2) is 15.0 Å². The van der Waals surface area contributed by atoms with Crippen LogP contribution in [0.5, 0.6) is 0 Å². The van der Waals surface area contributed by atoms with Gasteiger partial charge in [0.05, 0.1) is 21.9 Å². The van der Waals surface area contributed by atoms with Gasteiger partial charge < -0.3 is 9.73 Å². The van der Waals surface area contributed by atoms with Crippen LogP contribution in [-0.4, -0.2) is 25.1 Å². The topological polar surface area (TPSA) is 106 Å². The maximum Gasteiger partial charge on any atom is 0.345 e. The first-order valence-electron chi connectivity index (χ1n) is 9.90. The number of para-hydroxylation sites is 1. The van der Waals surface area contributed by atoms with Crippen molar-refractivity contribution in [1.82, 2.24) is 4.98 Å². The summed E-state index contributed by atoms with van der Waals surface area (Å²) in [4.78, 5) is 29.1. The number of nitrogens with one attached hydrogen (secondary N) is 1. The van der Waals surface area contributed by atoms with Gasteiger partial charge in [0.1, 0.15) is 5.58 Å². The Kier molecular flexibility index (Phi) is 6.20. The van der Waals surface area contributed by atoms with E-state index in [1.807, 2.05) is 19.1 Å². The highest BCUT2D eigenvalue weighted by Gasteiger charge is 2.16. The van der Waals surface area contributed by atoms with Crippen LogP contribution in [0.15, 0.2) is 74.1 Å². The van der Waals surface area contributed by atoms with E-state index in [-0.39, 0.29) is 29.4 Å². The van der Waals surface area contributed by atoms with Gasteiger partial charge in [0, 0.05) is 17.2 Å². The summed E-state index contributed by atoms with van der Waals surface area (Å²) in [5.74, 6) is -0.458. The van der Waals surface area contributed by atoms with Crippen LogP contribution in [0.25, 0.3) is 22.2 Å². The summed E-state index contributed by atoms with van der Waals surface area (Å²) in [5, 5.41) is 5.43. The predicted octanol–water partition coefficient (Wildman–Crippen LogP) is 4.42. The predicted molar refractivity (Wildman–Crippen MR) is 125 cm³/mol. The summed E-state index contributed by atoms with van der Waals surface area (Å²) in [7, 11) is -3.44. The molecule has 4 rings (SSSR count). The molecule has 1 N–H and O–H groups in total. The number of hydrogen-bond acceptors (Lipinski definition) is 7. The van der Waals surface area contributed by atoms with Crippen molar-refractivity contribution in [3.63, 3.8) is 0 Å². The number of carbonyl (C=O) groups excluding carboxylic acids is 1. The number of aryl methyl sites for hydroxylation is 1. The van der Waals surface area contributed by atoms with Crippen LogP contribution in [0, 0.1) is 6.92 Å². The van der Waals surface area contributed by atoms with E-state index >= 15 is 0 Å². The number of carbonyl (C=O) groups is 1. The number of rotatable bonds is 7. The second-order valence-corrected chi connectivity index (χ2v) is 10.3. The van der Waals surface area contributed by atoms with E-state index in [4.69, 9.17) is 4.42 Å². The van der Waals surface area contributed by atoms with Crippen LogP contribution < -0.4 is 10.9 Å². The summed E-state index contributed by atoms with van der Waals surface area (Å²) in [5.41, 5.74) is 1.68. The van der Waals surface area contributed by atoms with E-state index in [0.717, 1.165) is 10.9 Å². The minimum Gasteiger partial charge on any atom is -0.422 e. The molecule has 0 aliphatic carbocycles. The zero-order valence-corrected chi connectivity index (χ0v) is 18.8. The Morgan fingerprint density at radius 3 is 2.66 bits per heavy atom. The molecule has 32 heavy (non-hydrogen) atoms. The molecule has 4 aromatic rings. The minimum absolute atomic E-state index is 0.0398. The van der Waals surface area contributed by atoms with Crippen LogP contribution in [0.1, 0.15) is 18.4 Å². The maximum absolute atomic E-state index is 12.4. The monoisotopic (exact) mass is 468 g/mol. The summed E-state index contributed by atoms with van der Waals surface area (Å²) in [6.45, 7) is 1.89. The molecule has 2 aromatic heterocycles. The van der Waals surface area contributed by atoms with Gasteiger partial charge in [-0.15, -0.1) is 11.3 Å². The van der Waals surface area contributed by atoms with E-state index in [2.05, 4.69) is 10.3 Å². The molecule has 0 fully saturated rings. The van der Waals surface area contributed by atoms with E-state index < -0.39 is 15.5 Å². The molecule has 0 saturated carbocycles. The van der Waals surface area contributed by atoms with Crippen molar-refractivity contribution < 1.29 is 17.6 Å².